The summed E-state index contributed by atoms with van der Waals surface area (Å²) in [6.45, 7) is 4.73. The smallest absolute Gasteiger partial charge is 0.261 e. The third-order valence-electron chi connectivity index (χ3n) is 5.11. The van der Waals surface area contributed by atoms with E-state index < -0.39 is 0 Å². The van der Waals surface area contributed by atoms with Crippen LogP contribution in [0.15, 0.2) is 52.4 Å². The molecule has 0 N–H and O–H groups in total. The largest absolute Gasteiger partial charge is 0.321 e. The number of hydrogen-bond acceptors (Lipinski definition) is 5. The van der Waals surface area contributed by atoms with Gasteiger partial charge >= 0.3 is 0 Å². The monoisotopic (exact) mass is 450 g/mol. The summed E-state index contributed by atoms with van der Waals surface area (Å²) in [5, 5.41) is 10.6. The number of imidazole rings is 1. The van der Waals surface area contributed by atoms with Gasteiger partial charge in [0.25, 0.3) is 11.8 Å². The Labute approximate surface area is 189 Å². The Morgan fingerprint density at radius 3 is 2.35 bits per heavy atom. The Morgan fingerprint density at radius 1 is 1.10 bits per heavy atom. The van der Waals surface area contributed by atoms with Crippen molar-refractivity contribution in [2.24, 2.45) is 0 Å². The van der Waals surface area contributed by atoms with Crippen molar-refractivity contribution in [2.75, 3.05) is 0 Å². The minimum atomic E-state index is -0.299. The predicted molar refractivity (Wildman–Crippen MR) is 118 cm³/mol. The topological polar surface area (TPSA) is 79.0 Å². The highest BCUT2D eigenvalue weighted by molar-refractivity contribution is 7.99. The van der Waals surface area contributed by atoms with Gasteiger partial charge < -0.3 is 4.57 Å². The molecule has 6 nitrogen and oxygen atoms in total. The first-order valence-corrected chi connectivity index (χ1v) is 11.1. The molecule has 2 aromatic carbocycles. The van der Waals surface area contributed by atoms with Gasteiger partial charge in [0.15, 0.2) is 0 Å². The molecular weight excluding hydrogens is 432 g/mol. The molecule has 0 atom stereocenters. The summed E-state index contributed by atoms with van der Waals surface area (Å²) >= 11 is 7.65. The maximum absolute atomic E-state index is 12.8. The van der Waals surface area contributed by atoms with Gasteiger partial charge in [0.2, 0.25) is 0 Å². The number of carbonyl (C=O) groups is 2. The Hall–Kier alpha value is -3.08. The van der Waals surface area contributed by atoms with E-state index in [1.54, 1.807) is 36.4 Å². The third-order valence-corrected chi connectivity index (χ3v) is 6.45. The summed E-state index contributed by atoms with van der Waals surface area (Å²) in [4.78, 5) is 32.4. The van der Waals surface area contributed by atoms with Crippen LogP contribution in [0.4, 0.5) is 0 Å². The van der Waals surface area contributed by atoms with E-state index in [-0.39, 0.29) is 18.4 Å². The van der Waals surface area contributed by atoms with Crippen LogP contribution in [0.2, 0.25) is 5.02 Å². The fourth-order valence-corrected chi connectivity index (χ4v) is 5.20. The summed E-state index contributed by atoms with van der Waals surface area (Å²) in [7, 11) is 0. The number of nitrogens with zero attached hydrogens (tertiary/aromatic N) is 4. The fourth-order valence-electron chi connectivity index (χ4n) is 3.65. The number of benzene rings is 2. The van der Waals surface area contributed by atoms with E-state index in [4.69, 9.17) is 16.6 Å². The first kappa shape index (κ1) is 21.2. The van der Waals surface area contributed by atoms with Crippen LogP contribution in [0.1, 0.15) is 51.6 Å². The van der Waals surface area contributed by atoms with E-state index in [0.717, 1.165) is 15.6 Å². The van der Waals surface area contributed by atoms with Crippen LogP contribution in [-0.4, -0.2) is 26.3 Å². The van der Waals surface area contributed by atoms with Crippen molar-refractivity contribution in [1.29, 1.82) is 5.26 Å². The molecular formula is C23H19ClN4O2S. The van der Waals surface area contributed by atoms with Crippen molar-refractivity contribution in [3.63, 3.8) is 0 Å². The van der Waals surface area contributed by atoms with Crippen LogP contribution in [-0.2, 0) is 19.5 Å². The van der Waals surface area contributed by atoms with Gasteiger partial charge in [-0.1, -0.05) is 42.4 Å². The average molecular weight is 451 g/mol. The Balaban J connectivity index is 1.69. The number of halogens is 1. The molecule has 0 spiro atoms. The molecule has 2 heterocycles. The van der Waals surface area contributed by atoms with Gasteiger partial charge in [-0.25, -0.2) is 4.98 Å². The summed E-state index contributed by atoms with van der Waals surface area (Å²) in [6, 6.07) is 14.2. The maximum atomic E-state index is 12.8. The second-order valence-corrected chi connectivity index (χ2v) is 8.51. The third kappa shape index (κ3) is 3.85. The zero-order chi connectivity index (χ0) is 22.1. The molecule has 1 aromatic heterocycles. The van der Waals surface area contributed by atoms with E-state index in [1.807, 2.05) is 24.5 Å². The average Bonchev–Trinajstić information content (AvgIpc) is 3.23. The van der Waals surface area contributed by atoms with Crippen molar-refractivity contribution >= 4 is 35.2 Å². The molecule has 2 amide bonds. The van der Waals surface area contributed by atoms with Crippen LogP contribution in [0, 0.1) is 11.3 Å². The van der Waals surface area contributed by atoms with Crippen LogP contribution >= 0.6 is 23.4 Å². The Kier molecular flexibility index (Phi) is 5.86. The molecule has 4 rings (SSSR count). The maximum Gasteiger partial charge on any atom is 0.261 e. The number of aryl methyl sites for hydroxylation is 1. The molecule has 1 aliphatic rings. The van der Waals surface area contributed by atoms with Crippen molar-refractivity contribution in [1.82, 2.24) is 14.5 Å². The number of nitriles is 1. The molecule has 3 aromatic rings. The minimum absolute atomic E-state index is 0.104. The number of amides is 2. The van der Waals surface area contributed by atoms with Crippen molar-refractivity contribution in [3.05, 3.63) is 75.7 Å². The number of rotatable bonds is 6. The van der Waals surface area contributed by atoms with Crippen LogP contribution in [0.3, 0.4) is 0 Å². The van der Waals surface area contributed by atoms with E-state index in [1.165, 1.54) is 16.7 Å². The molecule has 0 aliphatic carbocycles. The molecule has 0 saturated heterocycles. The lowest BCUT2D eigenvalue weighted by Crippen LogP contribution is -2.30. The molecule has 0 unspecified atom stereocenters. The Morgan fingerprint density at radius 2 is 1.77 bits per heavy atom. The SMILES string of the molecule is CCc1nc(CN2C(=O)c3ccccc3C2=O)n(CC)c1Sc1cc(Cl)cc(C#N)c1. The number of carbonyl (C=O) groups excluding carboxylic acids is 2. The highest BCUT2D eigenvalue weighted by atomic mass is 35.5. The second-order valence-electron chi connectivity index (χ2n) is 7.01. The summed E-state index contributed by atoms with van der Waals surface area (Å²) in [5.74, 6) is 0.0536. The van der Waals surface area contributed by atoms with E-state index in [9.17, 15) is 14.9 Å². The lowest BCUT2D eigenvalue weighted by Gasteiger charge is -2.15. The number of hydrogen-bond donors (Lipinski definition) is 0. The van der Waals surface area contributed by atoms with Crippen LogP contribution in [0.5, 0.6) is 0 Å². The molecule has 0 bridgehead atoms. The zero-order valence-electron chi connectivity index (χ0n) is 17.1. The standard InChI is InChI=1S/C23H19ClN4O2S/c1-3-19-23(31-16-10-14(12-25)9-15(24)11-16)27(4-2)20(26-19)13-28-21(29)17-7-5-6-8-18(17)22(28)30/h5-11H,3-4,13H2,1-2H3. The number of aromatic nitrogens is 2. The molecule has 0 radical (unpaired) electrons. The van der Waals surface area contributed by atoms with Crippen LogP contribution < -0.4 is 0 Å². The molecule has 0 fully saturated rings. The first-order valence-electron chi connectivity index (χ1n) is 9.88. The van der Waals surface area contributed by atoms with Crippen LogP contribution in [0.25, 0.3) is 0 Å². The van der Waals surface area contributed by atoms with Crippen molar-refractivity contribution in [3.8, 4) is 6.07 Å². The van der Waals surface area contributed by atoms with E-state index >= 15 is 0 Å². The van der Waals surface area contributed by atoms with Gasteiger partial charge in [0, 0.05) is 16.5 Å². The lowest BCUT2D eigenvalue weighted by atomic mass is 10.1. The van der Waals surface area contributed by atoms with Gasteiger partial charge in [0.05, 0.1) is 35.0 Å². The van der Waals surface area contributed by atoms with Crippen molar-refractivity contribution in [2.45, 2.75) is 43.3 Å². The molecule has 8 heteroatoms. The quantitative estimate of drug-likeness (QED) is 0.497. The normalized spacial score (nSPS) is 12.9. The molecule has 0 saturated carbocycles. The van der Waals surface area contributed by atoms with Gasteiger partial charge in [-0.3, -0.25) is 14.5 Å². The highest BCUT2D eigenvalue weighted by Crippen LogP contribution is 2.35. The van der Waals surface area contributed by atoms with Gasteiger partial charge in [-0.05, 0) is 43.7 Å². The molecule has 156 valence electrons. The first-order chi connectivity index (χ1) is 15.0. The molecule has 1 aliphatic heterocycles. The summed E-state index contributed by atoms with van der Waals surface area (Å²) in [5.41, 5.74) is 2.21. The number of fused-ring (bicyclic) bond motifs is 1. The Bertz CT molecular complexity index is 1210. The zero-order valence-corrected chi connectivity index (χ0v) is 18.6. The molecule has 31 heavy (non-hydrogen) atoms. The highest BCUT2D eigenvalue weighted by Gasteiger charge is 2.36. The van der Waals surface area contributed by atoms with Gasteiger partial charge in [-0.15, -0.1) is 0 Å². The summed E-state index contributed by atoms with van der Waals surface area (Å²) in [6.07, 6.45) is 0.691. The van der Waals surface area contributed by atoms with Gasteiger partial charge in [0.1, 0.15) is 10.9 Å². The van der Waals surface area contributed by atoms with Crippen molar-refractivity contribution < 1.29 is 9.59 Å². The van der Waals surface area contributed by atoms with E-state index in [0.29, 0.717) is 40.5 Å². The number of imide groups is 1. The predicted octanol–water partition coefficient (Wildman–Crippen LogP) is 4.94. The van der Waals surface area contributed by atoms with E-state index in [2.05, 4.69) is 6.07 Å². The lowest BCUT2D eigenvalue weighted by molar-refractivity contribution is 0.0636. The van der Waals surface area contributed by atoms with Gasteiger partial charge in [-0.2, -0.15) is 5.26 Å². The summed E-state index contributed by atoms with van der Waals surface area (Å²) < 4.78 is 2.01. The fraction of sp³-hybridized carbons (Fsp3) is 0.217. The second kappa shape index (κ2) is 8.58. The minimum Gasteiger partial charge on any atom is -0.321 e.